The summed E-state index contributed by atoms with van der Waals surface area (Å²) in [5.41, 5.74) is 0. The molecule has 1 amide bonds. The first kappa shape index (κ1) is 15.4. The largest absolute Gasteiger partial charge is 0.354 e. The van der Waals surface area contributed by atoms with Gasteiger partial charge in [-0.3, -0.25) is 4.79 Å². The summed E-state index contributed by atoms with van der Waals surface area (Å²) in [7, 11) is 0. The summed E-state index contributed by atoms with van der Waals surface area (Å²) < 4.78 is 0. The van der Waals surface area contributed by atoms with Gasteiger partial charge in [0.1, 0.15) is 0 Å². The molecule has 0 aromatic rings. The second-order valence-electron chi connectivity index (χ2n) is 4.44. The van der Waals surface area contributed by atoms with Crippen LogP contribution in [0.4, 0.5) is 0 Å². The molecule has 0 rings (SSSR count). The Bertz CT molecular complexity index is 171. The van der Waals surface area contributed by atoms with Crippen molar-refractivity contribution >= 4 is 5.91 Å². The zero-order valence-electron chi connectivity index (χ0n) is 11.1. The fraction of sp³-hybridized carbons (Fsp3) is 0.923. The molecule has 1 atom stereocenters. The lowest BCUT2D eigenvalue weighted by molar-refractivity contribution is -0.121. The monoisotopic (exact) mass is 228 g/mol. The molecule has 0 heterocycles. The van der Waals surface area contributed by atoms with Crippen molar-refractivity contribution in [1.29, 1.82) is 0 Å². The lowest BCUT2D eigenvalue weighted by Gasteiger charge is -2.11. The van der Waals surface area contributed by atoms with E-state index in [2.05, 4.69) is 24.5 Å². The van der Waals surface area contributed by atoms with Crippen LogP contribution in [0.15, 0.2) is 0 Å². The molecule has 0 aliphatic rings. The normalized spacial score (nSPS) is 12.4. The maximum Gasteiger partial charge on any atom is 0.221 e. The third-order valence-corrected chi connectivity index (χ3v) is 2.76. The molecule has 3 heteroatoms. The molecule has 1 unspecified atom stereocenters. The van der Waals surface area contributed by atoms with Gasteiger partial charge in [0.15, 0.2) is 0 Å². The first-order chi connectivity index (χ1) is 7.70. The van der Waals surface area contributed by atoms with E-state index in [-0.39, 0.29) is 5.91 Å². The highest BCUT2D eigenvalue weighted by Gasteiger charge is 2.03. The second kappa shape index (κ2) is 10.9. The third-order valence-electron chi connectivity index (χ3n) is 2.76. The first-order valence-corrected chi connectivity index (χ1v) is 6.70. The van der Waals surface area contributed by atoms with Crippen LogP contribution in [0.3, 0.4) is 0 Å². The van der Waals surface area contributed by atoms with Crippen LogP contribution in [0.1, 0.15) is 59.3 Å². The van der Waals surface area contributed by atoms with Gasteiger partial charge < -0.3 is 10.6 Å². The molecule has 3 nitrogen and oxygen atoms in total. The molecule has 0 spiro atoms. The van der Waals surface area contributed by atoms with E-state index in [1.807, 2.05) is 6.92 Å². The van der Waals surface area contributed by atoms with Crippen LogP contribution in [0.25, 0.3) is 0 Å². The van der Waals surface area contributed by atoms with Crippen molar-refractivity contribution < 1.29 is 4.79 Å². The number of hydrogen-bond acceptors (Lipinski definition) is 2. The highest BCUT2D eigenvalue weighted by Crippen LogP contribution is 1.96. The van der Waals surface area contributed by atoms with Gasteiger partial charge in [0, 0.05) is 19.0 Å². The van der Waals surface area contributed by atoms with Crippen molar-refractivity contribution in [1.82, 2.24) is 10.6 Å². The minimum atomic E-state index is 0.162. The number of carbonyl (C=O) groups is 1. The lowest BCUT2D eigenvalue weighted by Crippen LogP contribution is -2.34. The average molecular weight is 228 g/mol. The number of rotatable bonds is 10. The van der Waals surface area contributed by atoms with Gasteiger partial charge in [-0.05, 0) is 26.3 Å². The van der Waals surface area contributed by atoms with E-state index in [9.17, 15) is 4.79 Å². The minimum absolute atomic E-state index is 0.162. The van der Waals surface area contributed by atoms with Crippen molar-refractivity contribution in [3.8, 4) is 0 Å². The SMILES string of the molecule is CCCCCCNCCC(=O)NC(C)CC. The molecule has 0 saturated heterocycles. The number of nitrogens with one attached hydrogen (secondary N) is 2. The highest BCUT2D eigenvalue weighted by atomic mass is 16.1. The van der Waals surface area contributed by atoms with Gasteiger partial charge in [-0.2, -0.15) is 0 Å². The van der Waals surface area contributed by atoms with Crippen LogP contribution < -0.4 is 10.6 Å². The predicted octanol–water partition coefficient (Wildman–Crippen LogP) is 2.46. The van der Waals surface area contributed by atoms with Crippen molar-refractivity contribution in [3.05, 3.63) is 0 Å². The number of amides is 1. The zero-order valence-corrected chi connectivity index (χ0v) is 11.1. The molecule has 0 fully saturated rings. The molecule has 0 aromatic heterocycles. The van der Waals surface area contributed by atoms with E-state index in [1.54, 1.807) is 0 Å². The Morgan fingerprint density at radius 1 is 1.12 bits per heavy atom. The molecule has 0 aliphatic heterocycles. The van der Waals surface area contributed by atoms with E-state index in [0.717, 1.165) is 19.5 Å². The summed E-state index contributed by atoms with van der Waals surface area (Å²) in [6.07, 6.45) is 6.70. The molecule has 16 heavy (non-hydrogen) atoms. The maximum absolute atomic E-state index is 11.4. The summed E-state index contributed by atoms with van der Waals surface area (Å²) in [6.45, 7) is 8.17. The Kier molecular flexibility index (Phi) is 10.5. The summed E-state index contributed by atoms with van der Waals surface area (Å²) in [4.78, 5) is 11.4. The summed E-state index contributed by atoms with van der Waals surface area (Å²) in [6, 6.07) is 0.303. The average Bonchev–Trinajstić information content (AvgIpc) is 2.27. The molecular formula is C13H28N2O. The first-order valence-electron chi connectivity index (χ1n) is 6.70. The van der Waals surface area contributed by atoms with E-state index in [0.29, 0.717) is 12.5 Å². The number of carbonyl (C=O) groups excluding carboxylic acids is 1. The molecule has 2 N–H and O–H groups in total. The minimum Gasteiger partial charge on any atom is -0.354 e. The standard InChI is InChI=1S/C13H28N2O/c1-4-6-7-8-10-14-11-9-13(16)15-12(3)5-2/h12,14H,4-11H2,1-3H3,(H,15,16). The van der Waals surface area contributed by atoms with E-state index in [1.165, 1.54) is 25.7 Å². The summed E-state index contributed by atoms with van der Waals surface area (Å²) >= 11 is 0. The van der Waals surface area contributed by atoms with Gasteiger partial charge in [-0.15, -0.1) is 0 Å². The van der Waals surface area contributed by atoms with Crippen molar-refractivity contribution in [2.75, 3.05) is 13.1 Å². The van der Waals surface area contributed by atoms with E-state index >= 15 is 0 Å². The van der Waals surface area contributed by atoms with Gasteiger partial charge in [0.2, 0.25) is 5.91 Å². The number of unbranched alkanes of at least 4 members (excludes halogenated alkanes) is 3. The predicted molar refractivity (Wildman–Crippen MR) is 69.5 cm³/mol. The molecule has 0 bridgehead atoms. The van der Waals surface area contributed by atoms with Gasteiger partial charge in [-0.25, -0.2) is 0 Å². The Balaban J connectivity index is 3.21. The van der Waals surface area contributed by atoms with Crippen LogP contribution >= 0.6 is 0 Å². The molecule has 0 radical (unpaired) electrons. The topological polar surface area (TPSA) is 41.1 Å². The Morgan fingerprint density at radius 2 is 1.88 bits per heavy atom. The van der Waals surface area contributed by atoms with Gasteiger partial charge >= 0.3 is 0 Å². The summed E-state index contributed by atoms with van der Waals surface area (Å²) in [5, 5.41) is 6.27. The maximum atomic E-state index is 11.4. The van der Waals surface area contributed by atoms with Gasteiger partial charge in [0.05, 0.1) is 0 Å². The molecule has 0 aliphatic carbocycles. The fourth-order valence-electron chi connectivity index (χ4n) is 1.45. The Labute approximate surface area is 100 Å². The second-order valence-corrected chi connectivity index (χ2v) is 4.44. The zero-order chi connectivity index (χ0) is 12.2. The van der Waals surface area contributed by atoms with Crippen LogP contribution in [-0.4, -0.2) is 25.0 Å². The molecule has 0 saturated carbocycles. The number of hydrogen-bond donors (Lipinski definition) is 2. The third kappa shape index (κ3) is 9.97. The Morgan fingerprint density at radius 3 is 2.50 bits per heavy atom. The quantitative estimate of drug-likeness (QED) is 0.564. The van der Waals surface area contributed by atoms with Crippen LogP contribution in [0.2, 0.25) is 0 Å². The van der Waals surface area contributed by atoms with Crippen molar-refractivity contribution in [2.45, 2.75) is 65.3 Å². The van der Waals surface area contributed by atoms with Gasteiger partial charge in [0.25, 0.3) is 0 Å². The van der Waals surface area contributed by atoms with Gasteiger partial charge in [-0.1, -0.05) is 33.1 Å². The molecule has 0 aromatic carbocycles. The van der Waals surface area contributed by atoms with Crippen molar-refractivity contribution in [2.24, 2.45) is 0 Å². The molecule has 96 valence electrons. The smallest absolute Gasteiger partial charge is 0.221 e. The van der Waals surface area contributed by atoms with Crippen LogP contribution in [-0.2, 0) is 4.79 Å². The van der Waals surface area contributed by atoms with Crippen LogP contribution in [0.5, 0.6) is 0 Å². The Hall–Kier alpha value is -0.570. The van der Waals surface area contributed by atoms with E-state index in [4.69, 9.17) is 0 Å². The summed E-state index contributed by atoms with van der Waals surface area (Å²) in [5.74, 6) is 0.162. The van der Waals surface area contributed by atoms with Crippen molar-refractivity contribution in [3.63, 3.8) is 0 Å². The fourth-order valence-corrected chi connectivity index (χ4v) is 1.45. The van der Waals surface area contributed by atoms with Crippen LogP contribution in [0, 0.1) is 0 Å². The van der Waals surface area contributed by atoms with E-state index < -0.39 is 0 Å². The lowest BCUT2D eigenvalue weighted by atomic mass is 10.2. The highest BCUT2D eigenvalue weighted by molar-refractivity contribution is 5.76. The molecular weight excluding hydrogens is 200 g/mol.